The van der Waals surface area contributed by atoms with E-state index < -0.39 is 24.0 Å². The molecule has 0 spiro atoms. The molecule has 0 aromatic rings. The molecule has 0 aromatic carbocycles. The van der Waals surface area contributed by atoms with Crippen LogP contribution < -0.4 is 11.1 Å². The van der Waals surface area contributed by atoms with Crippen molar-refractivity contribution in [3.63, 3.8) is 0 Å². The molecule has 0 aromatic heterocycles. The SMILES string of the molecule is CC(C)CC(NC(N)=O)C(=O)N(C)CC(C)C(=O)O. The van der Waals surface area contributed by atoms with E-state index in [0.717, 1.165) is 0 Å². The number of carbonyl (C=O) groups is 3. The number of carbonyl (C=O) groups excluding carboxylic acids is 2. The van der Waals surface area contributed by atoms with Gasteiger partial charge in [0.05, 0.1) is 5.92 Å². The third-order valence-corrected chi connectivity index (χ3v) is 2.67. The van der Waals surface area contributed by atoms with Gasteiger partial charge in [-0.2, -0.15) is 0 Å². The highest BCUT2D eigenvalue weighted by Gasteiger charge is 2.26. The van der Waals surface area contributed by atoms with Crippen LogP contribution in [-0.2, 0) is 9.59 Å². The zero-order valence-electron chi connectivity index (χ0n) is 11.8. The first-order chi connectivity index (χ1) is 8.65. The third-order valence-electron chi connectivity index (χ3n) is 2.67. The van der Waals surface area contributed by atoms with Crippen LogP contribution in [0, 0.1) is 11.8 Å². The number of urea groups is 1. The first kappa shape index (κ1) is 17.2. The van der Waals surface area contributed by atoms with Crippen molar-refractivity contribution in [3.05, 3.63) is 0 Å². The molecule has 7 nitrogen and oxygen atoms in total. The zero-order valence-corrected chi connectivity index (χ0v) is 11.8. The van der Waals surface area contributed by atoms with Crippen LogP contribution in [0.15, 0.2) is 0 Å². The summed E-state index contributed by atoms with van der Waals surface area (Å²) in [5, 5.41) is 11.2. The summed E-state index contributed by atoms with van der Waals surface area (Å²) in [6.07, 6.45) is 0.452. The highest BCUT2D eigenvalue weighted by Crippen LogP contribution is 2.09. The number of hydrogen-bond donors (Lipinski definition) is 3. The number of carboxylic acids is 1. The number of nitrogens with zero attached hydrogens (tertiary/aromatic N) is 1. The molecule has 7 heteroatoms. The number of nitrogens with one attached hydrogen (secondary N) is 1. The normalized spacial score (nSPS) is 13.7. The molecule has 0 aliphatic rings. The molecule has 0 saturated carbocycles. The van der Waals surface area contributed by atoms with E-state index in [9.17, 15) is 14.4 Å². The van der Waals surface area contributed by atoms with Gasteiger partial charge in [-0.05, 0) is 12.3 Å². The zero-order chi connectivity index (χ0) is 15.2. The first-order valence-corrected chi connectivity index (χ1v) is 6.18. The molecule has 0 fully saturated rings. The predicted octanol–water partition coefficient (Wildman–Crippen LogP) is 0.249. The summed E-state index contributed by atoms with van der Waals surface area (Å²) < 4.78 is 0. The number of aliphatic carboxylic acids is 1. The fourth-order valence-electron chi connectivity index (χ4n) is 1.71. The molecular formula is C12H23N3O4. The maximum absolute atomic E-state index is 12.1. The molecule has 19 heavy (non-hydrogen) atoms. The van der Waals surface area contributed by atoms with E-state index in [-0.39, 0.29) is 18.4 Å². The molecule has 0 aliphatic heterocycles. The Kier molecular flexibility index (Phi) is 6.89. The van der Waals surface area contributed by atoms with Crippen molar-refractivity contribution in [1.29, 1.82) is 0 Å². The van der Waals surface area contributed by atoms with E-state index in [1.54, 1.807) is 0 Å². The van der Waals surface area contributed by atoms with Gasteiger partial charge in [-0.1, -0.05) is 20.8 Å². The molecule has 0 aliphatic carbocycles. The summed E-state index contributed by atoms with van der Waals surface area (Å²) >= 11 is 0. The average molecular weight is 273 g/mol. The molecule has 3 amide bonds. The van der Waals surface area contributed by atoms with Crippen molar-refractivity contribution in [3.8, 4) is 0 Å². The smallest absolute Gasteiger partial charge is 0.312 e. The van der Waals surface area contributed by atoms with Crippen LogP contribution in [0.3, 0.4) is 0 Å². The van der Waals surface area contributed by atoms with Gasteiger partial charge in [0.2, 0.25) is 5.91 Å². The van der Waals surface area contributed by atoms with Crippen LogP contribution in [-0.4, -0.2) is 47.5 Å². The lowest BCUT2D eigenvalue weighted by molar-refractivity contribution is -0.143. The van der Waals surface area contributed by atoms with Gasteiger partial charge in [-0.3, -0.25) is 9.59 Å². The maximum Gasteiger partial charge on any atom is 0.312 e. The monoisotopic (exact) mass is 273 g/mol. The Labute approximate surface area is 113 Å². The Balaban J connectivity index is 4.68. The molecule has 2 unspecified atom stereocenters. The van der Waals surface area contributed by atoms with E-state index in [1.165, 1.54) is 18.9 Å². The maximum atomic E-state index is 12.1. The molecule has 0 rings (SSSR count). The number of rotatable bonds is 7. The largest absolute Gasteiger partial charge is 0.481 e. The second-order valence-corrected chi connectivity index (χ2v) is 5.15. The number of hydrogen-bond acceptors (Lipinski definition) is 3. The van der Waals surface area contributed by atoms with Crippen LogP contribution in [0.1, 0.15) is 27.2 Å². The van der Waals surface area contributed by atoms with Gasteiger partial charge in [0.1, 0.15) is 6.04 Å². The second-order valence-electron chi connectivity index (χ2n) is 5.15. The Morgan fingerprint density at radius 3 is 2.16 bits per heavy atom. The fourth-order valence-corrected chi connectivity index (χ4v) is 1.71. The van der Waals surface area contributed by atoms with Crippen molar-refractivity contribution in [2.24, 2.45) is 17.6 Å². The minimum absolute atomic E-state index is 0.0865. The molecule has 0 radical (unpaired) electrons. The lowest BCUT2D eigenvalue weighted by atomic mass is 10.0. The Hall–Kier alpha value is -1.79. The van der Waals surface area contributed by atoms with Crippen LogP contribution in [0.2, 0.25) is 0 Å². The van der Waals surface area contributed by atoms with Crippen molar-refractivity contribution in [1.82, 2.24) is 10.2 Å². The number of primary amides is 1. The number of likely N-dealkylation sites (N-methyl/N-ethyl adjacent to an activating group) is 1. The van der Waals surface area contributed by atoms with Gasteiger partial charge in [0.25, 0.3) is 0 Å². The van der Waals surface area contributed by atoms with Crippen LogP contribution >= 0.6 is 0 Å². The molecule has 0 saturated heterocycles. The molecule has 110 valence electrons. The lowest BCUT2D eigenvalue weighted by Gasteiger charge is -2.26. The number of carboxylic acid groups (broad SMARTS) is 1. The molecule has 0 bridgehead atoms. The summed E-state index contributed by atoms with van der Waals surface area (Å²) in [5.74, 6) is -1.77. The van der Waals surface area contributed by atoms with Gasteiger partial charge in [0, 0.05) is 13.6 Å². The second kappa shape index (κ2) is 7.60. The van der Waals surface area contributed by atoms with E-state index in [1.807, 2.05) is 13.8 Å². The predicted molar refractivity (Wildman–Crippen MR) is 70.4 cm³/mol. The topological polar surface area (TPSA) is 113 Å². The molecular weight excluding hydrogens is 250 g/mol. The van der Waals surface area contributed by atoms with Gasteiger partial charge >= 0.3 is 12.0 Å². The minimum atomic E-state index is -0.970. The lowest BCUT2D eigenvalue weighted by Crippen LogP contribution is -2.50. The van der Waals surface area contributed by atoms with Crippen LogP contribution in [0.25, 0.3) is 0 Å². The minimum Gasteiger partial charge on any atom is -0.481 e. The number of amides is 3. The van der Waals surface area contributed by atoms with Crippen LogP contribution in [0.5, 0.6) is 0 Å². The highest BCUT2D eigenvalue weighted by molar-refractivity contribution is 5.86. The standard InChI is InChI=1S/C12H23N3O4/c1-7(2)5-9(14-12(13)19)10(16)15(4)6-8(3)11(17)18/h7-9H,5-6H2,1-4H3,(H,17,18)(H3,13,14,19). The fraction of sp³-hybridized carbons (Fsp3) is 0.750. The van der Waals surface area contributed by atoms with E-state index in [4.69, 9.17) is 10.8 Å². The van der Waals surface area contributed by atoms with Crippen molar-refractivity contribution in [2.45, 2.75) is 33.2 Å². The highest BCUT2D eigenvalue weighted by atomic mass is 16.4. The van der Waals surface area contributed by atoms with Gasteiger partial charge in [0.15, 0.2) is 0 Å². The molecule has 2 atom stereocenters. The Bertz CT molecular complexity index is 344. The van der Waals surface area contributed by atoms with Gasteiger partial charge in [-0.15, -0.1) is 0 Å². The van der Waals surface area contributed by atoms with Crippen LogP contribution in [0.4, 0.5) is 4.79 Å². The third kappa shape index (κ3) is 6.64. The van der Waals surface area contributed by atoms with Gasteiger partial charge < -0.3 is 21.1 Å². The van der Waals surface area contributed by atoms with Crippen molar-refractivity contribution < 1.29 is 19.5 Å². The Morgan fingerprint density at radius 1 is 1.26 bits per heavy atom. The summed E-state index contributed by atoms with van der Waals surface area (Å²) in [6.45, 7) is 5.44. The van der Waals surface area contributed by atoms with Gasteiger partial charge in [-0.25, -0.2) is 4.79 Å². The van der Waals surface area contributed by atoms with E-state index in [2.05, 4.69) is 5.32 Å². The molecule has 0 heterocycles. The van der Waals surface area contributed by atoms with Crippen molar-refractivity contribution >= 4 is 17.9 Å². The average Bonchev–Trinajstić information content (AvgIpc) is 2.25. The Morgan fingerprint density at radius 2 is 1.79 bits per heavy atom. The van der Waals surface area contributed by atoms with E-state index in [0.29, 0.717) is 6.42 Å². The number of nitrogens with two attached hydrogens (primary N) is 1. The summed E-state index contributed by atoms with van der Waals surface area (Å²) in [6, 6.07) is -1.48. The quantitative estimate of drug-likeness (QED) is 0.617. The van der Waals surface area contributed by atoms with Crippen molar-refractivity contribution in [2.75, 3.05) is 13.6 Å². The summed E-state index contributed by atoms with van der Waals surface area (Å²) in [4.78, 5) is 35.1. The summed E-state index contributed by atoms with van der Waals surface area (Å²) in [5.41, 5.74) is 5.04. The van der Waals surface area contributed by atoms with E-state index >= 15 is 0 Å². The molecule has 4 N–H and O–H groups in total. The first-order valence-electron chi connectivity index (χ1n) is 6.18. The summed E-state index contributed by atoms with van der Waals surface area (Å²) in [7, 11) is 1.51.